The van der Waals surface area contributed by atoms with Crippen LogP contribution in [0.25, 0.3) is 28.4 Å². The lowest BCUT2D eigenvalue weighted by molar-refractivity contribution is -0.280. The van der Waals surface area contributed by atoms with Gasteiger partial charge in [-0.25, -0.2) is 4.79 Å². The second-order valence-electron chi connectivity index (χ2n) is 9.78. The van der Waals surface area contributed by atoms with Crippen LogP contribution in [0.4, 0.5) is 0 Å². The van der Waals surface area contributed by atoms with E-state index in [0.717, 1.165) is 17.7 Å². The van der Waals surface area contributed by atoms with E-state index in [1.807, 2.05) is 6.07 Å². The van der Waals surface area contributed by atoms with Gasteiger partial charge in [0.2, 0.25) is 12.0 Å². The highest BCUT2D eigenvalue weighted by molar-refractivity contribution is 5.92. The first kappa shape index (κ1) is 30.6. The summed E-state index contributed by atoms with van der Waals surface area (Å²) in [5.74, 6) is -0.870. The summed E-state index contributed by atoms with van der Waals surface area (Å²) in [6.07, 6.45) is -4.92. The first-order chi connectivity index (χ1) is 21.2. The molecule has 5 unspecified atom stereocenters. The molecule has 0 aliphatic carbocycles. The van der Waals surface area contributed by atoms with E-state index in [-0.39, 0.29) is 45.3 Å². The molecule has 230 valence electrons. The van der Waals surface area contributed by atoms with Gasteiger partial charge in [-0.15, -0.1) is 0 Å². The summed E-state index contributed by atoms with van der Waals surface area (Å²) in [4.78, 5) is 25.5. The Kier molecular flexibility index (Phi) is 9.16. The maximum absolute atomic E-state index is 13.1. The van der Waals surface area contributed by atoms with E-state index in [2.05, 4.69) is 0 Å². The molecule has 44 heavy (non-hydrogen) atoms. The monoisotopic (exact) mass is 606 g/mol. The van der Waals surface area contributed by atoms with Gasteiger partial charge in [-0.05, 0) is 23.8 Å². The number of hydrogen-bond acceptors (Lipinski definition) is 12. The number of phenols is 1. The lowest BCUT2D eigenvalue weighted by Gasteiger charge is -2.41. The van der Waals surface area contributed by atoms with Crippen molar-refractivity contribution in [3.8, 4) is 34.3 Å². The molecule has 0 saturated carbocycles. The maximum atomic E-state index is 13.1. The van der Waals surface area contributed by atoms with Crippen LogP contribution in [0.5, 0.6) is 23.0 Å². The second-order valence-corrected chi connectivity index (χ2v) is 9.78. The summed E-state index contributed by atoms with van der Waals surface area (Å²) < 4.78 is 33.6. The van der Waals surface area contributed by atoms with Crippen LogP contribution in [0.1, 0.15) is 5.56 Å². The molecule has 12 heteroatoms. The van der Waals surface area contributed by atoms with E-state index in [4.69, 9.17) is 28.1 Å². The number of aliphatic hydroxyl groups excluding tert-OH is 3. The molecular weight excluding hydrogens is 576 g/mol. The Balaban J connectivity index is 1.41. The second kappa shape index (κ2) is 13.2. The summed E-state index contributed by atoms with van der Waals surface area (Å²) in [5, 5.41) is 42.0. The van der Waals surface area contributed by atoms with E-state index in [0.29, 0.717) is 0 Å². The molecule has 4 aromatic rings. The lowest BCUT2D eigenvalue weighted by Crippen LogP contribution is -2.61. The van der Waals surface area contributed by atoms with Gasteiger partial charge in [0.25, 0.3) is 0 Å². The smallest absolute Gasteiger partial charge is 0.331 e. The zero-order valence-corrected chi connectivity index (χ0v) is 23.7. The number of carbonyl (C=O) groups is 1. The van der Waals surface area contributed by atoms with Crippen LogP contribution in [0, 0.1) is 0 Å². The third-order valence-corrected chi connectivity index (χ3v) is 7.01. The normalized spacial score (nSPS) is 21.7. The Bertz CT molecular complexity index is 1710. The van der Waals surface area contributed by atoms with Crippen LogP contribution in [0.2, 0.25) is 0 Å². The largest absolute Gasteiger partial charge is 0.507 e. The summed E-state index contributed by atoms with van der Waals surface area (Å²) in [5.41, 5.74) is 0.344. The summed E-state index contributed by atoms with van der Waals surface area (Å²) in [7, 11) is 2.72. The van der Waals surface area contributed by atoms with Crippen LogP contribution < -0.4 is 19.6 Å². The Morgan fingerprint density at radius 1 is 0.955 bits per heavy atom. The quantitative estimate of drug-likeness (QED) is 0.162. The molecule has 4 N–H and O–H groups in total. The van der Waals surface area contributed by atoms with E-state index in [1.54, 1.807) is 42.5 Å². The van der Waals surface area contributed by atoms with E-state index >= 15 is 0 Å². The molecular formula is C32H30O12. The van der Waals surface area contributed by atoms with Gasteiger partial charge in [0.15, 0.2) is 22.9 Å². The molecule has 0 spiro atoms. The molecule has 1 aliphatic heterocycles. The predicted octanol–water partition coefficient (Wildman–Crippen LogP) is 2.63. The van der Waals surface area contributed by atoms with Gasteiger partial charge in [0.1, 0.15) is 41.0 Å². The molecule has 0 amide bonds. The maximum Gasteiger partial charge on any atom is 0.331 e. The molecule has 3 aromatic carbocycles. The Labute approximate surface area is 250 Å². The molecule has 5 atom stereocenters. The van der Waals surface area contributed by atoms with Gasteiger partial charge in [-0.1, -0.05) is 42.5 Å². The number of benzene rings is 3. The zero-order valence-electron chi connectivity index (χ0n) is 23.7. The molecule has 2 heterocycles. The fourth-order valence-electron chi connectivity index (χ4n) is 4.84. The average Bonchev–Trinajstić information content (AvgIpc) is 3.03. The number of carbonyl (C=O) groups excluding carboxylic acids is 1. The van der Waals surface area contributed by atoms with Crippen molar-refractivity contribution in [3.63, 3.8) is 0 Å². The van der Waals surface area contributed by atoms with Crippen molar-refractivity contribution in [3.05, 3.63) is 88.6 Å². The number of esters is 1. The number of aromatic hydroxyl groups is 1. The van der Waals surface area contributed by atoms with Gasteiger partial charge in [0, 0.05) is 18.2 Å². The number of para-hydroxylation sites is 1. The zero-order chi connectivity index (χ0) is 31.4. The summed E-state index contributed by atoms with van der Waals surface area (Å²) in [6.45, 7) is -0.670. The molecule has 1 saturated heterocycles. The van der Waals surface area contributed by atoms with Crippen molar-refractivity contribution in [2.75, 3.05) is 20.8 Å². The molecule has 1 aromatic heterocycles. The minimum Gasteiger partial charge on any atom is -0.507 e. The number of phenolic OH excluding ortho intramolecular Hbond substituents is 1. The molecule has 12 nitrogen and oxygen atoms in total. The average molecular weight is 607 g/mol. The van der Waals surface area contributed by atoms with Crippen LogP contribution >= 0.6 is 0 Å². The van der Waals surface area contributed by atoms with E-state index in [1.165, 1.54) is 32.4 Å². The summed E-state index contributed by atoms with van der Waals surface area (Å²) >= 11 is 0. The lowest BCUT2D eigenvalue weighted by atomic mass is 9.99. The number of rotatable bonds is 9. The third-order valence-electron chi connectivity index (χ3n) is 7.01. The topological polar surface area (TPSA) is 174 Å². The fourth-order valence-corrected chi connectivity index (χ4v) is 4.84. The van der Waals surface area contributed by atoms with Crippen molar-refractivity contribution in [2.24, 2.45) is 0 Å². The SMILES string of the molecule is COc1cc(O)c2c(=O)cc(-c3ccccc3OC3OC(CO)C(OC(=O)C=Cc4ccccc4)C(O)C3O)oc2c1OC. The first-order valence-corrected chi connectivity index (χ1v) is 13.5. The molecule has 1 fully saturated rings. The van der Waals surface area contributed by atoms with Crippen LogP contribution in [-0.2, 0) is 14.3 Å². The van der Waals surface area contributed by atoms with Gasteiger partial charge < -0.3 is 48.5 Å². The van der Waals surface area contributed by atoms with Gasteiger partial charge in [0.05, 0.1) is 26.4 Å². The van der Waals surface area contributed by atoms with Crippen molar-refractivity contribution in [1.29, 1.82) is 0 Å². The number of hydrogen-bond donors (Lipinski definition) is 4. The van der Waals surface area contributed by atoms with E-state index < -0.39 is 48.7 Å². The number of aliphatic hydroxyl groups is 3. The molecule has 0 bridgehead atoms. The third kappa shape index (κ3) is 6.10. The minimum atomic E-state index is -1.72. The van der Waals surface area contributed by atoms with Gasteiger partial charge in [-0.3, -0.25) is 4.79 Å². The molecule has 5 rings (SSSR count). The van der Waals surface area contributed by atoms with Gasteiger partial charge in [-0.2, -0.15) is 0 Å². The highest BCUT2D eigenvalue weighted by Gasteiger charge is 2.47. The van der Waals surface area contributed by atoms with Crippen molar-refractivity contribution < 1.29 is 53.3 Å². The number of methoxy groups -OCH3 is 2. The standard InChI is InChI=1S/C32H30O12/c1-39-23-15-20(35)26-19(34)14-22(41-31(26)30(23)40-2)18-10-6-7-11-21(18)42-32-28(38)27(37)29(24(16-33)43-32)44-25(36)13-12-17-8-4-3-5-9-17/h3-15,24,27-29,32-33,35,37-38H,16H2,1-2H3. The van der Waals surface area contributed by atoms with Crippen LogP contribution in [-0.4, -0.2) is 77.9 Å². The van der Waals surface area contributed by atoms with Crippen LogP contribution in [0.15, 0.2) is 82.0 Å². The molecule has 1 aliphatic rings. The minimum absolute atomic E-state index is 0.0191. The van der Waals surface area contributed by atoms with Gasteiger partial charge >= 0.3 is 5.97 Å². The Hall–Kier alpha value is -4.88. The van der Waals surface area contributed by atoms with Crippen molar-refractivity contribution in [2.45, 2.75) is 30.7 Å². The Morgan fingerprint density at radius 2 is 1.68 bits per heavy atom. The predicted molar refractivity (Wildman–Crippen MR) is 156 cm³/mol. The number of fused-ring (bicyclic) bond motifs is 1. The Morgan fingerprint density at radius 3 is 2.39 bits per heavy atom. The highest BCUT2D eigenvalue weighted by atomic mass is 16.7. The van der Waals surface area contributed by atoms with Crippen molar-refractivity contribution >= 4 is 23.0 Å². The highest BCUT2D eigenvalue weighted by Crippen LogP contribution is 2.42. The van der Waals surface area contributed by atoms with E-state index in [9.17, 15) is 30.0 Å². The summed E-state index contributed by atoms with van der Waals surface area (Å²) in [6, 6.07) is 17.7. The molecule has 0 radical (unpaired) electrons. The number of ether oxygens (including phenoxy) is 5. The fraction of sp³-hybridized carbons (Fsp3) is 0.250. The first-order valence-electron chi connectivity index (χ1n) is 13.5. The van der Waals surface area contributed by atoms with Crippen LogP contribution in [0.3, 0.4) is 0 Å². The van der Waals surface area contributed by atoms with Crippen molar-refractivity contribution in [1.82, 2.24) is 0 Å².